The van der Waals surface area contributed by atoms with Crippen LogP contribution in [0.2, 0.25) is 0 Å². The molecule has 0 spiro atoms. The molecule has 4 rings (SSSR count). The van der Waals surface area contributed by atoms with Crippen molar-refractivity contribution in [2.45, 2.75) is 25.4 Å². The lowest BCUT2D eigenvalue weighted by atomic mass is 10.1. The molecule has 0 aliphatic carbocycles. The fraction of sp³-hybridized carbons (Fsp3) is 0.333. The van der Waals surface area contributed by atoms with Gasteiger partial charge in [-0.2, -0.15) is 0 Å². The largest absolute Gasteiger partial charge is 0.332 e. The van der Waals surface area contributed by atoms with Crippen LogP contribution in [0.3, 0.4) is 0 Å². The molecule has 1 fully saturated rings. The molecule has 1 aliphatic heterocycles. The van der Waals surface area contributed by atoms with Gasteiger partial charge in [0, 0.05) is 32.2 Å². The third-order valence-electron chi connectivity index (χ3n) is 4.54. The molecule has 0 bridgehead atoms. The molecule has 0 amide bonds. The van der Waals surface area contributed by atoms with E-state index in [1.54, 1.807) is 18.7 Å². The van der Waals surface area contributed by atoms with E-state index in [9.17, 15) is 0 Å². The van der Waals surface area contributed by atoms with Gasteiger partial charge < -0.3 is 4.57 Å². The summed E-state index contributed by atoms with van der Waals surface area (Å²) >= 11 is 0. The van der Waals surface area contributed by atoms with E-state index < -0.39 is 0 Å². The monoisotopic (exact) mass is 320 g/mol. The summed E-state index contributed by atoms with van der Waals surface area (Å²) in [5.41, 5.74) is 4.14. The number of nitrogens with zero attached hydrogens (tertiary/aromatic N) is 6. The van der Waals surface area contributed by atoms with Crippen LogP contribution in [-0.4, -0.2) is 35.9 Å². The molecule has 0 radical (unpaired) electrons. The van der Waals surface area contributed by atoms with Crippen molar-refractivity contribution in [2.24, 2.45) is 7.05 Å². The van der Waals surface area contributed by atoms with Crippen LogP contribution in [0.4, 0.5) is 0 Å². The maximum absolute atomic E-state index is 4.91. The smallest absolute Gasteiger partial charge is 0.0948 e. The Kier molecular flexibility index (Phi) is 4.04. The minimum Gasteiger partial charge on any atom is -0.332 e. The van der Waals surface area contributed by atoms with Crippen molar-refractivity contribution in [2.75, 3.05) is 6.54 Å². The molecule has 0 aromatic carbocycles. The number of aromatic nitrogens is 5. The van der Waals surface area contributed by atoms with E-state index in [-0.39, 0.29) is 0 Å². The van der Waals surface area contributed by atoms with Crippen molar-refractivity contribution < 1.29 is 0 Å². The Hall–Kier alpha value is -2.60. The minimum absolute atomic E-state index is 0.334. The highest BCUT2D eigenvalue weighted by molar-refractivity contribution is 5.53. The first-order chi connectivity index (χ1) is 11.8. The van der Waals surface area contributed by atoms with Crippen LogP contribution in [0.25, 0.3) is 11.4 Å². The van der Waals surface area contributed by atoms with E-state index in [4.69, 9.17) is 4.98 Å². The summed E-state index contributed by atoms with van der Waals surface area (Å²) in [6, 6.07) is 6.59. The predicted molar refractivity (Wildman–Crippen MR) is 90.9 cm³/mol. The number of rotatable bonds is 4. The molecular formula is C18H20N6. The van der Waals surface area contributed by atoms with Crippen LogP contribution < -0.4 is 0 Å². The molecule has 3 aromatic rings. The van der Waals surface area contributed by atoms with Crippen LogP contribution in [0.1, 0.15) is 30.3 Å². The summed E-state index contributed by atoms with van der Waals surface area (Å²) in [7, 11) is 1.99. The van der Waals surface area contributed by atoms with Gasteiger partial charge in [-0.05, 0) is 31.5 Å². The van der Waals surface area contributed by atoms with Gasteiger partial charge >= 0.3 is 0 Å². The van der Waals surface area contributed by atoms with Crippen molar-refractivity contribution >= 4 is 0 Å². The van der Waals surface area contributed by atoms with Gasteiger partial charge in [0.2, 0.25) is 0 Å². The zero-order valence-corrected chi connectivity index (χ0v) is 13.7. The Morgan fingerprint density at radius 2 is 2.12 bits per heavy atom. The average Bonchev–Trinajstić information content (AvgIpc) is 3.25. The lowest BCUT2D eigenvalue weighted by Gasteiger charge is -2.23. The number of hydrogen-bond donors (Lipinski definition) is 0. The Bertz CT molecular complexity index is 813. The van der Waals surface area contributed by atoms with Crippen LogP contribution in [-0.2, 0) is 13.6 Å². The molecule has 1 atom stereocenters. The Labute approximate surface area is 141 Å². The molecule has 1 saturated heterocycles. The highest BCUT2D eigenvalue weighted by Gasteiger charge is 2.27. The van der Waals surface area contributed by atoms with E-state index in [1.807, 2.05) is 30.1 Å². The number of likely N-dealkylation sites (tertiary alicyclic amines) is 1. The first-order valence-corrected chi connectivity index (χ1v) is 8.24. The van der Waals surface area contributed by atoms with Gasteiger partial charge in [-0.3, -0.25) is 14.9 Å². The Balaban J connectivity index is 1.59. The summed E-state index contributed by atoms with van der Waals surface area (Å²) in [4.78, 5) is 20.1. The lowest BCUT2D eigenvalue weighted by Crippen LogP contribution is -2.24. The summed E-state index contributed by atoms with van der Waals surface area (Å²) in [6.45, 7) is 1.88. The van der Waals surface area contributed by atoms with Gasteiger partial charge in [0.25, 0.3) is 0 Å². The Morgan fingerprint density at radius 1 is 1.17 bits per heavy atom. The summed E-state index contributed by atoms with van der Waals surface area (Å²) < 4.78 is 2.00. The molecule has 0 saturated carbocycles. The maximum atomic E-state index is 4.91. The zero-order chi connectivity index (χ0) is 16.4. The predicted octanol–water partition coefficient (Wildman–Crippen LogP) is 2.61. The van der Waals surface area contributed by atoms with Gasteiger partial charge in [-0.15, -0.1) is 0 Å². The topological polar surface area (TPSA) is 59.7 Å². The van der Waals surface area contributed by atoms with Crippen LogP contribution >= 0.6 is 0 Å². The fourth-order valence-corrected chi connectivity index (χ4v) is 3.35. The van der Waals surface area contributed by atoms with E-state index in [0.29, 0.717) is 6.04 Å². The van der Waals surface area contributed by atoms with Crippen LogP contribution in [0, 0.1) is 0 Å². The summed E-state index contributed by atoms with van der Waals surface area (Å²) in [5.74, 6) is 0. The molecule has 0 unspecified atom stereocenters. The second kappa shape index (κ2) is 6.49. The van der Waals surface area contributed by atoms with E-state index >= 15 is 0 Å². The minimum atomic E-state index is 0.334. The zero-order valence-electron chi connectivity index (χ0n) is 13.7. The molecule has 122 valence electrons. The third kappa shape index (κ3) is 2.92. The van der Waals surface area contributed by atoms with E-state index in [1.165, 1.54) is 6.42 Å². The fourth-order valence-electron chi connectivity index (χ4n) is 3.35. The van der Waals surface area contributed by atoms with Crippen molar-refractivity contribution in [3.63, 3.8) is 0 Å². The van der Waals surface area contributed by atoms with Crippen molar-refractivity contribution in [3.05, 3.63) is 60.7 Å². The van der Waals surface area contributed by atoms with Crippen molar-refractivity contribution in [3.8, 4) is 11.4 Å². The highest BCUT2D eigenvalue weighted by Crippen LogP contribution is 2.32. The molecule has 24 heavy (non-hydrogen) atoms. The van der Waals surface area contributed by atoms with Crippen molar-refractivity contribution in [1.29, 1.82) is 0 Å². The van der Waals surface area contributed by atoms with Crippen LogP contribution in [0.5, 0.6) is 0 Å². The summed E-state index contributed by atoms with van der Waals surface area (Å²) in [6.07, 6.45) is 11.3. The SMILES string of the molecule is Cn1cncc1-c1cccc([C@@H]2CCCN2Cc2cnccn2)n1. The van der Waals surface area contributed by atoms with E-state index in [2.05, 4.69) is 32.0 Å². The molecule has 4 heterocycles. The lowest BCUT2D eigenvalue weighted by molar-refractivity contribution is 0.241. The average molecular weight is 320 g/mol. The maximum Gasteiger partial charge on any atom is 0.0948 e. The number of imidazole rings is 1. The van der Waals surface area contributed by atoms with Crippen molar-refractivity contribution in [1.82, 2.24) is 29.4 Å². The first-order valence-electron chi connectivity index (χ1n) is 8.24. The number of pyridine rings is 1. The van der Waals surface area contributed by atoms with Gasteiger partial charge in [0.1, 0.15) is 0 Å². The van der Waals surface area contributed by atoms with Gasteiger partial charge in [-0.1, -0.05) is 6.07 Å². The molecule has 1 aliphatic rings. The van der Waals surface area contributed by atoms with Gasteiger partial charge in [0.15, 0.2) is 0 Å². The molecule has 6 nitrogen and oxygen atoms in total. The molecule has 3 aromatic heterocycles. The van der Waals surface area contributed by atoms with E-state index in [0.717, 1.165) is 42.3 Å². The molecule has 0 N–H and O–H groups in total. The second-order valence-electron chi connectivity index (χ2n) is 6.16. The molecular weight excluding hydrogens is 300 g/mol. The normalized spacial score (nSPS) is 18.1. The number of hydrogen-bond acceptors (Lipinski definition) is 5. The van der Waals surface area contributed by atoms with Crippen LogP contribution in [0.15, 0.2) is 49.3 Å². The molecule has 6 heteroatoms. The second-order valence-corrected chi connectivity index (χ2v) is 6.16. The quantitative estimate of drug-likeness (QED) is 0.739. The standard InChI is InChI=1S/C18H20N6/c1-23-13-20-11-18(23)16-5-2-4-15(22-16)17-6-3-9-24(17)12-14-10-19-7-8-21-14/h2,4-5,7-8,10-11,13,17H,3,6,9,12H2,1H3/t17-/m0/s1. The van der Waals surface area contributed by atoms with Gasteiger partial charge in [-0.25, -0.2) is 9.97 Å². The third-order valence-corrected chi connectivity index (χ3v) is 4.54. The first kappa shape index (κ1) is 15.0. The summed E-state index contributed by atoms with van der Waals surface area (Å²) in [5, 5.41) is 0. The Morgan fingerprint density at radius 3 is 2.92 bits per heavy atom. The number of aryl methyl sites for hydroxylation is 1. The van der Waals surface area contributed by atoms with Gasteiger partial charge in [0.05, 0.1) is 41.3 Å². The highest BCUT2D eigenvalue weighted by atomic mass is 15.2.